The van der Waals surface area contributed by atoms with Crippen LogP contribution in [0.2, 0.25) is 0 Å². The van der Waals surface area contributed by atoms with Crippen LogP contribution < -0.4 is 4.72 Å². The third kappa shape index (κ3) is 5.01. The molecule has 0 amide bonds. The molecule has 0 aromatic carbocycles. The van der Waals surface area contributed by atoms with Gasteiger partial charge in [0, 0.05) is 19.7 Å². The number of methoxy groups -OCH3 is 1. The lowest BCUT2D eigenvalue weighted by molar-refractivity contribution is -0.0201. The van der Waals surface area contributed by atoms with Gasteiger partial charge in [-0.3, -0.25) is 4.90 Å². The van der Waals surface area contributed by atoms with Crippen LogP contribution in [0, 0.1) is 0 Å². The summed E-state index contributed by atoms with van der Waals surface area (Å²) in [5.41, 5.74) is 0. The Hall–Kier alpha value is -0.300. The Labute approximate surface area is 169 Å². The van der Waals surface area contributed by atoms with Crippen molar-refractivity contribution in [1.82, 2.24) is 9.62 Å². The maximum atomic E-state index is 12.4. The van der Waals surface area contributed by atoms with Gasteiger partial charge in [0.1, 0.15) is 16.4 Å². The number of hydrogen-bond donors (Lipinski definition) is 3. The zero-order chi connectivity index (χ0) is 18.7. The second-order valence-corrected chi connectivity index (χ2v) is 9.59. The van der Waals surface area contributed by atoms with Crippen LogP contribution >= 0.6 is 23.7 Å². The summed E-state index contributed by atoms with van der Waals surface area (Å²) in [7, 11) is -1.98. The van der Waals surface area contributed by atoms with Gasteiger partial charge in [0.2, 0.25) is 10.0 Å². The quantitative estimate of drug-likeness (QED) is 0.522. The van der Waals surface area contributed by atoms with Crippen LogP contribution in [-0.4, -0.2) is 87.3 Å². The van der Waals surface area contributed by atoms with E-state index >= 15 is 0 Å². The fourth-order valence-electron chi connectivity index (χ4n) is 3.86. The third-order valence-corrected chi connectivity index (χ3v) is 7.86. The first-order chi connectivity index (χ1) is 12.5. The zero-order valence-electron chi connectivity index (χ0n) is 15.1. The molecule has 5 atom stereocenters. The number of nitrogens with zero attached hydrogens (tertiary/aromatic N) is 1. The number of thiophene rings is 1. The van der Waals surface area contributed by atoms with Crippen molar-refractivity contribution in [1.29, 1.82) is 0 Å². The van der Waals surface area contributed by atoms with Crippen molar-refractivity contribution in [2.75, 3.05) is 33.4 Å². The van der Waals surface area contributed by atoms with E-state index in [1.165, 1.54) is 0 Å². The average molecular weight is 443 g/mol. The molecule has 2 aliphatic heterocycles. The van der Waals surface area contributed by atoms with E-state index in [0.717, 1.165) is 30.7 Å². The average Bonchev–Trinajstić information content (AvgIpc) is 3.34. The molecule has 3 heterocycles. The van der Waals surface area contributed by atoms with Crippen molar-refractivity contribution in [2.45, 2.75) is 47.4 Å². The molecule has 0 unspecified atom stereocenters. The van der Waals surface area contributed by atoms with Gasteiger partial charge in [-0.25, -0.2) is 13.1 Å². The monoisotopic (exact) mass is 442 g/mol. The van der Waals surface area contributed by atoms with Gasteiger partial charge in [0.05, 0.1) is 25.4 Å². The molecule has 0 aliphatic carbocycles. The van der Waals surface area contributed by atoms with E-state index in [1.54, 1.807) is 24.6 Å². The molecule has 2 aliphatic rings. The molecule has 11 heteroatoms. The number of sulfonamides is 1. The molecular weight excluding hydrogens is 416 g/mol. The Morgan fingerprint density at radius 3 is 2.85 bits per heavy atom. The number of aliphatic hydroxyl groups is 2. The van der Waals surface area contributed by atoms with E-state index in [-0.39, 0.29) is 41.9 Å². The first kappa shape index (κ1) is 23.0. The van der Waals surface area contributed by atoms with Crippen molar-refractivity contribution in [3.05, 3.63) is 17.5 Å². The molecule has 0 spiro atoms. The Bertz CT molecular complexity index is 674. The summed E-state index contributed by atoms with van der Waals surface area (Å²) in [5, 5.41) is 21.8. The Kier molecular flexibility index (Phi) is 8.47. The molecule has 0 saturated carbocycles. The fraction of sp³-hybridized carbons (Fsp3) is 0.750. The maximum Gasteiger partial charge on any atom is 0.250 e. The number of likely N-dealkylation sites (tertiary alicyclic amines) is 1. The van der Waals surface area contributed by atoms with Crippen LogP contribution in [-0.2, 0) is 19.5 Å². The van der Waals surface area contributed by atoms with Crippen molar-refractivity contribution < 1.29 is 28.1 Å². The lowest BCUT2D eigenvalue weighted by atomic mass is 10.0. The molecule has 0 radical (unpaired) electrons. The van der Waals surface area contributed by atoms with Gasteiger partial charge in [-0.2, -0.15) is 0 Å². The Morgan fingerprint density at radius 2 is 2.22 bits per heavy atom. The molecule has 8 nitrogen and oxygen atoms in total. The second-order valence-electron chi connectivity index (χ2n) is 6.65. The molecule has 0 bridgehead atoms. The van der Waals surface area contributed by atoms with E-state index in [4.69, 9.17) is 9.47 Å². The normalized spacial score (nSPS) is 31.9. The highest BCUT2D eigenvalue weighted by Gasteiger charge is 2.49. The number of ether oxygens (including phenoxy) is 2. The van der Waals surface area contributed by atoms with Crippen LogP contribution in [0.3, 0.4) is 0 Å². The van der Waals surface area contributed by atoms with E-state index in [0.29, 0.717) is 6.61 Å². The summed E-state index contributed by atoms with van der Waals surface area (Å²) in [6, 6.07) is 2.98. The highest BCUT2D eigenvalue weighted by molar-refractivity contribution is 7.91. The minimum absolute atomic E-state index is 0. The highest BCUT2D eigenvalue weighted by atomic mass is 35.5. The molecule has 1 aromatic rings. The zero-order valence-corrected chi connectivity index (χ0v) is 17.5. The lowest BCUT2D eigenvalue weighted by Crippen LogP contribution is -2.53. The second kappa shape index (κ2) is 9.95. The van der Waals surface area contributed by atoms with E-state index in [9.17, 15) is 18.6 Å². The van der Waals surface area contributed by atoms with Gasteiger partial charge in [-0.05, 0) is 30.8 Å². The van der Waals surface area contributed by atoms with Crippen molar-refractivity contribution in [2.24, 2.45) is 0 Å². The Balaban J connectivity index is 0.00000261. The molecular formula is C16H27ClN2O6S2. The topological polar surface area (TPSA) is 108 Å². The number of halogens is 1. The van der Waals surface area contributed by atoms with Crippen LogP contribution in [0.4, 0.5) is 0 Å². The lowest BCUT2D eigenvalue weighted by Gasteiger charge is -2.34. The predicted octanol–water partition coefficient (Wildman–Crippen LogP) is 0.0482. The molecule has 156 valence electrons. The Morgan fingerprint density at radius 1 is 1.44 bits per heavy atom. The van der Waals surface area contributed by atoms with Gasteiger partial charge in [-0.1, -0.05) is 6.07 Å². The molecule has 3 rings (SSSR count). The van der Waals surface area contributed by atoms with Gasteiger partial charge >= 0.3 is 0 Å². The van der Waals surface area contributed by atoms with E-state index in [2.05, 4.69) is 9.62 Å². The van der Waals surface area contributed by atoms with Crippen molar-refractivity contribution >= 4 is 33.8 Å². The standard InChI is InChI=1S/C16H26N2O6S2.ClH/c1-23-10-11-4-2-6-18(11)15-12(24-13(9-19)16(15)20)8-17-26(21,22)14-5-3-7-25-14;/h3,5,7,11-13,15-17,19-20H,2,4,6,8-10H2,1H3;1H/t11-,12-,13+,15+,16-;/m1./s1. The molecule has 2 fully saturated rings. The maximum absolute atomic E-state index is 12.4. The first-order valence-electron chi connectivity index (χ1n) is 8.70. The van der Waals surface area contributed by atoms with Crippen LogP contribution in [0.5, 0.6) is 0 Å². The van der Waals surface area contributed by atoms with E-state index in [1.807, 2.05) is 0 Å². The van der Waals surface area contributed by atoms with E-state index < -0.39 is 28.3 Å². The number of hydrogen-bond acceptors (Lipinski definition) is 8. The molecule has 2 saturated heterocycles. The van der Waals surface area contributed by atoms with Crippen LogP contribution in [0.1, 0.15) is 12.8 Å². The number of rotatable bonds is 8. The van der Waals surface area contributed by atoms with Gasteiger partial charge < -0.3 is 19.7 Å². The molecule has 1 aromatic heterocycles. The summed E-state index contributed by atoms with van der Waals surface area (Å²) in [4.78, 5) is 2.13. The number of nitrogens with one attached hydrogen (secondary N) is 1. The van der Waals surface area contributed by atoms with Crippen LogP contribution in [0.25, 0.3) is 0 Å². The third-order valence-electron chi connectivity index (χ3n) is 5.04. The largest absolute Gasteiger partial charge is 0.394 e. The minimum Gasteiger partial charge on any atom is -0.394 e. The first-order valence-corrected chi connectivity index (χ1v) is 11.1. The summed E-state index contributed by atoms with van der Waals surface area (Å²) in [6.07, 6.45) is -0.216. The highest BCUT2D eigenvalue weighted by Crippen LogP contribution is 2.31. The van der Waals surface area contributed by atoms with Gasteiger partial charge in [-0.15, -0.1) is 23.7 Å². The molecule has 3 N–H and O–H groups in total. The number of aliphatic hydroxyl groups excluding tert-OH is 2. The van der Waals surface area contributed by atoms with Gasteiger partial charge in [0.25, 0.3) is 0 Å². The fourth-order valence-corrected chi connectivity index (χ4v) is 5.94. The van der Waals surface area contributed by atoms with Crippen LogP contribution in [0.15, 0.2) is 21.7 Å². The smallest absolute Gasteiger partial charge is 0.250 e. The summed E-state index contributed by atoms with van der Waals surface area (Å²) in [6.45, 7) is 1.05. The summed E-state index contributed by atoms with van der Waals surface area (Å²) >= 11 is 1.14. The SMILES string of the molecule is COC[C@H]1CCCN1[C@@H]1[C@H](O)[C@H](CO)O[C@@H]1CNS(=O)(=O)c1cccs1.Cl. The summed E-state index contributed by atoms with van der Waals surface area (Å²) in [5.74, 6) is 0. The minimum atomic E-state index is -3.62. The van der Waals surface area contributed by atoms with Gasteiger partial charge in [0.15, 0.2) is 0 Å². The molecule has 27 heavy (non-hydrogen) atoms. The predicted molar refractivity (Wildman–Crippen MR) is 104 cm³/mol. The summed E-state index contributed by atoms with van der Waals surface area (Å²) < 4.78 is 38.6. The van der Waals surface area contributed by atoms with Crippen molar-refractivity contribution in [3.8, 4) is 0 Å². The van der Waals surface area contributed by atoms with Crippen molar-refractivity contribution in [3.63, 3.8) is 0 Å².